The largest absolute Gasteiger partial charge is 0.497 e. The molecule has 0 aliphatic rings. The SMILES string of the molecule is COc1cc(C)c(N)c(N(C)C)c1. The molecule has 1 aromatic rings. The van der Waals surface area contributed by atoms with Crippen LogP contribution in [0.3, 0.4) is 0 Å². The van der Waals surface area contributed by atoms with Gasteiger partial charge in [-0.05, 0) is 18.6 Å². The Morgan fingerprint density at radius 3 is 2.38 bits per heavy atom. The lowest BCUT2D eigenvalue weighted by Crippen LogP contribution is -2.12. The monoisotopic (exact) mass is 180 g/mol. The van der Waals surface area contributed by atoms with E-state index in [1.165, 1.54) is 0 Å². The number of anilines is 2. The Hall–Kier alpha value is -1.38. The van der Waals surface area contributed by atoms with E-state index in [4.69, 9.17) is 10.5 Å². The van der Waals surface area contributed by atoms with Gasteiger partial charge in [-0.15, -0.1) is 0 Å². The molecule has 2 N–H and O–H groups in total. The Labute approximate surface area is 79.1 Å². The highest BCUT2D eigenvalue weighted by atomic mass is 16.5. The molecule has 3 heteroatoms. The van der Waals surface area contributed by atoms with Crippen LogP contribution in [0.2, 0.25) is 0 Å². The van der Waals surface area contributed by atoms with Crippen molar-refractivity contribution in [3.05, 3.63) is 17.7 Å². The van der Waals surface area contributed by atoms with Crippen molar-refractivity contribution in [1.82, 2.24) is 0 Å². The minimum absolute atomic E-state index is 0.811. The van der Waals surface area contributed by atoms with E-state index in [-0.39, 0.29) is 0 Å². The summed E-state index contributed by atoms with van der Waals surface area (Å²) in [7, 11) is 5.58. The van der Waals surface area contributed by atoms with Gasteiger partial charge in [0.25, 0.3) is 0 Å². The highest BCUT2D eigenvalue weighted by molar-refractivity contribution is 5.72. The van der Waals surface area contributed by atoms with Crippen LogP contribution in [0.15, 0.2) is 12.1 Å². The van der Waals surface area contributed by atoms with Crippen molar-refractivity contribution in [2.24, 2.45) is 0 Å². The minimum atomic E-state index is 0.811. The number of benzene rings is 1. The van der Waals surface area contributed by atoms with Gasteiger partial charge in [-0.2, -0.15) is 0 Å². The van der Waals surface area contributed by atoms with Gasteiger partial charge >= 0.3 is 0 Å². The third-order valence-corrected chi connectivity index (χ3v) is 2.06. The van der Waals surface area contributed by atoms with Crippen molar-refractivity contribution in [2.45, 2.75) is 6.92 Å². The van der Waals surface area contributed by atoms with Crippen LogP contribution in [0.25, 0.3) is 0 Å². The fourth-order valence-electron chi connectivity index (χ4n) is 1.24. The number of methoxy groups -OCH3 is 1. The van der Waals surface area contributed by atoms with Gasteiger partial charge in [0.2, 0.25) is 0 Å². The number of nitrogens with zero attached hydrogens (tertiary/aromatic N) is 1. The molecule has 3 nitrogen and oxygen atoms in total. The molecule has 0 saturated carbocycles. The van der Waals surface area contributed by atoms with Crippen LogP contribution in [-0.2, 0) is 0 Å². The van der Waals surface area contributed by atoms with Gasteiger partial charge in [0, 0.05) is 20.2 Å². The summed E-state index contributed by atoms with van der Waals surface area (Å²) in [4.78, 5) is 1.98. The van der Waals surface area contributed by atoms with Crippen molar-refractivity contribution in [1.29, 1.82) is 0 Å². The van der Waals surface area contributed by atoms with Gasteiger partial charge in [0.15, 0.2) is 0 Å². The summed E-state index contributed by atoms with van der Waals surface area (Å²) in [6.45, 7) is 1.98. The zero-order chi connectivity index (χ0) is 10.0. The maximum atomic E-state index is 5.91. The Bertz CT molecular complexity index is 308. The number of nitrogen functional groups attached to an aromatic ring is 1. The molecule has 0 aromatic heterocycles. The molecule has 0 spiro atoms. The molecule has 0 amide bonds. The molecule has 13 heavy (non-hydrogen) atoms. The van der Waals surface area contributed by atoms with Gasteiger partial charge < -0.3 is 15.4 Å². The summed E-state index contributed by atoms with van der Waals surface area (Å²) in [5.74, 6) is 0.843. The number of hydrogen-bond acceptors (Lipinski definition) is 3. The number of ether oxygens (including phenoxy) is 1. The first-order chi connectivity index (χ1) is 6.06. The standard InChI is InChI=1S/C10H16N2O/c1-7-5-8(13-4)6-9(10(7)11)12(2)3/h5-6H,11H2,1-4H3. The molecular weight excluding hydrogens is 164 g/mol. The van der Waals surface area contributed by atoms with Crippen molar-refractivity contribution in [2.75, 3.05) is 31.8 Å². The normalized spacial score (nSPS) is 9.85. The van der Waals surface area contributed by atoms with Crippen LogP contribution in [0.5, 0.6) is 5.75 Å². The van der Waals surface area contributed by atoms with Gasteiger partial charge in [0.1, 0.15) is 5.75 Å². The average Bonchev–Trinajstić information content (AvgIpc) is 2.09. The second-order valence-electron chi connectivity index (χ2n) is 3.27. The summed E-state index contributed by atoms with van der Waals surface area (Å²) in [6.07, 6.45) is 0. The molecule has 0 fully saturated rings. The lowest BCUT2D eigenvalue weighted by atomic mass is 10.1. The van der Waals surface area contributed by atoms with Crippen LogP contribution in [0.1, 0.15) is 5.56 Å². The van der Waals surface area contributed by atoms with Crippen molar-refractivity contribution in [3.63, 3.8) is 0 Å². The molecular formula is C10H16N2O. The third kappa shape index (κ3) is 1.86. The van der Waals surface area contributed by atoms with Gasteiger partial charge in [-0.3, -0.25) is 0 Å². The Morgan fingerprint density at radius 2 is 1.92 bits per heavy atom. The Balaban J connectivity index is 3.25. The first-order valence-corrected chi connectivity index (χ1v) is 4.17. The molecule has 0 saturated heterocycles. The van der Waals surface area contributed by atoms with E-state index < -0.39 is 0 Å². The van der Waals surface area contributed by atoms with Crippen LogP contribution in [-0.4, -0.2) is 21.2 Å². The van der Waals surface area contributed by atoms with Gasteiger partial charge in [0.05, 0.1) is 18.5 Å². The van der Waals surface area contributed by atoms with E-state index >= 15 is 0 Å². The maximum absolute atomic E-state index is 5.91. The van der Waals surface area contributed by atoms with E-state index in [2.05, 4.69) is 0 Å². The second-order valence-corrected chi connectivity index (χ2v) is 3.27. The van der Waals surface area contributed by atoms with Crippen molar-refractivity contribution >= 4 is 11.4 Å². The molecule has 1 aromatic carbocycles. The molecule has 0 aliphatic carbocycles. The molecule has 0 atom stereocenters. The molecule has 0 bridgehead atoms. The highest BCUT2D eigenvalue weighted by Crippen LogP contribution is 2.30. The highest BCUT2D eigenvalue weighted by Gasteiger charge is 2.06. The first-order valence-electron chi connectivity index (χ1n) is 4.17. The lowest BCUT2D eigenvalue weighted by molar-refractivity contribution is 0.414. The summed E-state index contributed by atoms with van der Waals surface area (Å²) in [6, 6.07) is 3.87. The van der Waals surface area contributed by atoms with E-state index in [0.717, 1.165) is 22.7 Å². The quantitative estimate of drug-likeness (QED) is 0.703. The molecule has 72 valence electrons. The fraction of sp³-hybridized carbons (Fsp3) is 0.400. The molecule has 0 radical (unpaired) electrons. The van der Waals surface area contributed by atoms with Gasteiger partial charge in [-0.1, -0.05) is 0 Å². The van der Waals surface area contributed by atoms with Crippen LogP contribution < -0.4 is 15.4 Å². The summed E-state index contributed by atoms with van der Waals surface area (Å²) in [5.41, 5.74) is 8.76. The van der Waals surface area contributed by atoms with E-state index in [1.54, 1.807) is 7.11 Å². The number of aryl methyl sites for hydroxylation is 1. The minimum Gasteiger partial charge on any atom is -0.497 e. The maximum Gasteiger partial charge on any atom is 0.121 e. The van der Waals surface area contributed by atoms with Crippen LogP contribution >= 0.6 is 0 Å². The number of hydrogen-bond donors (Lipinski definition) is 1. The summed E-state index contributed by atoms with van der Waals surface area (Å²) < 4.78 is 5.16. The average molecular weight is 180 g/mol. The predicted molar refractivity (Wildman–Crippen MR) is 56.5 cm³/mol. The number of nitrogens with two attached hydrogens (primary N) is 1. The zero-order valence-corrected chi connectivity index (χ0v) is 8.59. The van der Waals surface area contributed by atoms with E-state index in [0.29, 0.717) is 0 Å². The van der Waals surface area contributed by atoms with E-state index in [1.807, 2.05) is 38.1 Å². The Morgan fingerprint density at radius 1 is 1.31 bits per heavy atom. The summed E-state index contributed by atoms with van der Waals surface area (Å²) in [5, 5.41) is 0. The van der Waals surface area contributed by atoms with Crippen LogP contribution in [0.4, 0.5) is 11.4 Å². The second kappa shape index (κ2) is 3.56. The van der Waals surface area contributed by atoms with Crippen molar-refractivity contribution in [3.8, 4) is 5.75 Å². The topological polar surface area (TPSA) is 38.5 Å². The molecule has 0 unspecified atom stereocenters. The Kier molecular flexibility index (Phi) is 2.66. The first kappa shape index (κ1) is 9.71. The lowest BCUT2D eigenvalue weighted by Gasteiger charge is -2.17. The van der Waals surface area contributed by atoms with Crippen molar-refractivity contribution < 1.29 is 4.74 Å². The molecule has 0 heterocycles. The number of rotatable bonds is 2. The zero-order valence-electron chi connectivity index (χ0n) is 8.59. The van der Waals surface area contributed by atoms with Gasteiger partial charge in [-0.25, -0.2) is 0 Å². The fourth-order valence-corrected chi connectivity index (χ4v) is 1.24. The molecule has 0 aliphatic heterocycles. The smallest absolute Gasteiger partial charge is 0.121 e. The van der Waals surface area contributed by atoms with Crippen LogP contribution in [0, 0.1) is 6.92 Å². The summed E-state index contributed by atoms with van der Waals surface area (Å²) >= 11 is 0. The van der Waals surface area contributed by atoms with E-state index in [9.17, 15) is 0 Å². The predicted octanol–water partition coefficient (Wildman–Crippen LogP) is 1.65. The molecule has 1 rings (SSSR count). The third-order valence-electron chi connectivity index (χ3n) is 2.06.